The number of rotatable bonds is 9. The molecule has 134 valence electrons. The molecule has 0 unspecified atom stereocenters. The van der Waals surface area contributed by atoms with Gasteiger partial charge in [0, 0.05) is 18.2 Å². The molecule has 0 aliphatic heterocycles. The summed E-state index contributed by atoms with van der Waals surface area (Å²) in [5.74, 6) is 0.696. The number of nitrogens with zero attached hydrogens (tertiary/aromatic N) is 1. The van der Waals surface area contributed by atoms with Crippen LogP contribution in [0.3, 0.4) is 0 Å². The van der Waals surface area contributed by atoms with Crippen LogP contribution in [-0.2, 0) is 0 Å². The first-order chi connectivity index (χ1) is 11.7. The average Bonchev–Trinajstić information content (AvgIpc) is 2.64. The molecular formula is C20H32N2O2. The lowest BCUT2D eigenvalue weighted by Gasteiger charge is -2.31. The summed E-state index contributed by atoms with van der Waals surface area (Å²) in [6.07, 6.45) is 10.3. The summed E-state index contributed by atoms with van der Waals surface area (Å²) in [6, 6.07) is 8.08. The SMILES string of the molecule is COc1cccc(C(=O)NCCCCCN(C)C2CCCCC2)c1. The maximum Gasteiger partial charge on any atom is 0.251 e. The normalized spacial score (nSPS) is 15.5. The summed E-state index contributed by atoms with van der Waals surface area (Å²) in [6.45, 7) is 1.91. The minimum absolute atomic E-state index is 0.0202. The molecule has 1 fully saturated rings. The molecule has 0 saturated heterocycles. The molecule has 4 heteroatoms. The quantitative estimate of drug-likeness (QED) is 0.698. The lowest BCUT2D eigenvalue weighted by Crippen LogP contribution is -2.34. The molecule has 0 spiro atoms. The molecule has 2 rings (SSSR count). The van der Waals surface area contributed by atoms with Gasteiger partial charge in [-0.1, -0.05) is 31.7 Å². The number of unbranched alkanes of at least 4 members (excludes halogenated alkanes) is 2. The third-order valence-electron chi connectivity index (χ3n) is 5.00. The van der Waals surface area contributed by atoms with Crippen LogP contribution in [0.15, 0.2) is 24.3 Å². The lowest BCUT2D eigenvalue weighted by molar-refractivity contribution is 0.0952. The summed E-state index contributed by atoms with van der Waals surface area (Å²) in [4.78, 5) is 14.6. The Morgan fingerprint density at radius 1 is 1.21 bits per heavy atom. The van der Waals surface area contributed by atoms with Crippen molar-refractivity contribution in [2.45, 2.75) is 57.4 Å². The molecule has 1 aliphatic rings. The van der Waals surface area contributed by atoms with Crippen LogP contribution in [0.1, 0.15) is 61.7 Å². The summed E-state index contributed by atoms with van der Waals surface area (Å²) in [5, 5.41) is 2.99. The highest BCUT2D eigenvalue weighted by molar-refractivity contribution is 5.94. The van der Waals surface area contributed by atoms with Crippen LogP contribution in [-0.4, -0.2) is 44.1 Å². The van der Waals surface area contributed by atoms with E-state index in [1.165, 1.54) is 45.1 Å². The van der Waals surface area contributed by atoms with Gasteiger partial charge in [0.1, 0.15) is 5.75 Å². The predicted molar refractivity (Wildman–Crippen MR) is 98.7 cm³/mol. The van der Waals surface area contributed by atoms with Crippen LogP contribution < -0.4 is 10.1 Å². The van der Waals surface area contributed by atoms with E-state index in [9.17, 15) is 4.79 Å². The molecule has 1 saturated carbocycles. The molecule has 0 aromatic heterocycles. The number of benzene rings is 1. The fourth-order valence-corrected chi connectivity index (χ4v) is 3.44. The van der Waals surface area contributed by atoms with E-state index in [0.717, 1.165) is 25.4 Å². The standard InChI is InChI=1S/C20H32N2O2/c1-22(18-11-5-3-6-12-18)15-8-4-7-14-21-20(23)17-10-9-13-19(16-17)24-2/h9-10,13,16,18H,3-8,11-12,14-15H2,1-2H3,(H,21,23). The van der Waals surface area contributed by atoms with Gasteiger partial charge in [0.25, 0.3) is 5.91 Å². The predicted octanol–water partition coefficient (Wildman–Crippen LogP) is 3.86. The zero-order valence-corrected chi connectivity index (χ0v) is 15.2. The van der Waals surface area contributed by atoms with E-state index in [1.807, 2.05) is 18.2 Å². The van der Waals surface area contributed by atoms with E-state index in [1.54, 1.807) is 13.2 Å². The van der Waals surface area contributed by atoms with Gasteiger partial charge < -0.3 is 15.0 Å². The number of amides is 1. The van der Waals surface area contributed by atoms with Crippen molar-refractivity contribution in [1.29, 1.82) is 0 Å². The fourth-order valence-electron chi connectivity index (χ4n) is 3.44. The van der Waals surface area contributed by atoms with Gasteiger partial charge in [0.15, 0.2) is 0 Å². The van der Waals surface area contributed by atoms with Crippen molar-refractivity contribution in [2.24, 2.45) is 0 Å². The molecule has 4 nitrogen and oxygen atoms in total. The number of ether oxygens (including phenoxy) is 1. The van der Waals surface area contributed by atoms with E-state index in [2.05, 4.69) is 17.3 Å². The number of carbonyl (C=O) groups excluding carboxylic acids is 1. The summed E-state index contributed by atoms with van der Waals surface area (Å²) in [7, 11) is 3.88. The monoisotopic (exact) mass is 332 g/mol. The highest BCUT2D eigenvalue weighted by Gasteiger charge is 2.17. The van der Waals surface area contributed by atoms with Gasteiger partial charge in [-0.2, -0.15) is 0 Å². The largest absolute Gasteiger partial charge is 0.497 e. The Bertz CT molecular complexity index is 498. The molecule has 1 N–H and O–H groups in total. The second kappa shape index (κ2) is 10.3. The first-order valence-corrected chi connectivity index (χ1v) is 9.33. The van der Waals surface area contributed by atoms with Gasteiger partial charge in [0.2, 0.25) is 0 Å². The molecule has 24 heavy (non-hydrogen) atoms. The van der Waals surface area contributed by atoms with Crippen molar-refractivity contribution < 1.29 is 9.53 Å². The van der Waals surface area contributed by atoms with Gasteiger partial charge in [-0.25, -0.2) is 0 Å². The van der Waals surface area contributed by atoms with Crippen molar-refractivity contribution in [1.82, 2.24) is 10.2 Å². The summed E-state index contributed by atoms with van der Waals surface area (Å²) >= 11 is 0. The Balaban J connectivity index is 1.56. The minimum atomic E-state index is -0.0202. The van der Waals surface area contributed by atoms with Crippen LogP contribution in [0.4, 0.5) is 0 Å². The van der Waals surface area contributed by atoms with Gasteiger partial charge in [0.05, 0.1) is 7.11 Å². The summed E-state index contributed by atoms with van der Waals surface area (Å²) < 4.78 is 5.15. The maximum atomic E-state index is 12.1. The molecular weight excluding hydrogens is 300 g/mol. The Labute approximate surface area is 146 Å². The van der Waals surface area contributed by atoms with E-state index >= 15 is 0 Å². The molecule has 0 atom stereocenters. The smallest absolute Gasteiger partial charge is 0.251 e. The number of hydrogen-bond donors (Lipinski definition) is 1. The fraction of sp³-hybridized carbons (Fsp3) is 0.650. The summed E-state index contributed by atoms with van der Waals surface area (Å²) in [5.41, 5.74) is 0.659. The molecule has 1 aromatic rings. The van der Waals surface area contributed by atoms with Gasteiger partial charge in [-0.3, -0.25) is 4.79 Å². The van der Waals surface area contributed by atoms with Crippen LogP contribution in [0.5, 0.6) is 5.75 Å². The minimum Gasteiger partial charge on any atom is -0.497 e. The molecule has 0 bridgehead atoms. The maximum absolute atomic E-state index is 12.1. The van der Waals surface area contributed by atoms with Crippen LogP contribution in [0, 0.1) is 0 Å². The van der Waals surface area contributed by atoms with Crippen molar-refractivity contribution in [3.8, 4) is 5.75 Å². The van der Waals surface area contributed by atoms with Gasteiger partial charge >= 0.3 is 0 Å². The Kier molecular flexibility index (Phi) is 8.10. The van der Waals surface area contributed by atoms with Crippen molar-refractivity contribution in [3.05, 3.63) is 29.8 Å². The van der Waals surface area contributed by atoms with Crippen molar-refractivity contribution >= 4 is 5.91 Å². The van der Waals surface area contributed by atoms with Gasteiger partial charge in [-0.05, 0) is 57.5 Å². The number of methoxy groups -OCH3 is 1. The third kappa shape index (κ3) is 6.16. The molecule has 1 amide bonds. The zero-order valence-electron chi connectivity index (χ0n) is 15.2. The molecule has 0 heterocycles. The highest BCUT2D eigenvalue weighted by atomic mass is 16.5. The molecule has 0 radical (unpaired) electrons. The van der Waals surface area contributed by atoms with E-state index in [-0.39, 0.29) is 5.91 Å². The Morgan fingerprint density at radius 3 is 2.75 bits per heavy atom. The van der Waals surface area contributed by atoms with E-state index in [4.69, 9.17) is 4.74 Å². The lowest BCUT2D eigenvalue weighted by atomic mass is 9.94. The first-order valence-electron chi connectivity index (χ1n) is 9.33. The van der Waals surface area contributed by atoms with Gasteiger partial charge in [-0.15, -0.1) is 0 Å². The van der Waals surface area contributed by atoms with Crippen LogP contribution in [0.25, 0.3) is 0 Å². The van der Waals surface area contributed by atoms with E-state index in [0.29, 0.717) is 11.3 Å². The third-order valence-corrected chi connectivity index (χ3v) is 5.00. The Hall–Kier alpha value is -1.55. The van der Waals surface area contributed by atoms with Crippen LogP contribution >= 0.6 is 0 Å². The second-order valence-electron chi connectivity index (χ2n) is 6.82. The van der Waals surface area contributed by atoms with Crippen molar-refractivity contribution in [2.75, 3.05) is 27.2 Å². The Morgan fingerprint density at radius 2 is 2.00 bits per heavy atom. The number of hydrogen-bond acceptors (Lipinski definition) is 3. The number of carbonyl (C=O) groups is 1. The average molecular weight is 332 g/mol. The number of nitrogens with one attached hydrogen (secondary N) is 1. The topological polar surface area (TPSA) is 41.6 Å². The molecule has 1 aliphatic carbocycles. The highest BCUT2D eigenvalue weighted by Crippen LogP contribution is 2.21. The van der Waals surface area contributed by atoms with E-state index < -0.39 is 0 Å². The molecule has 1 aromatic carbocycles. The van der Waals surface area contributed by atoms with Crippen molar-refractivity contribution in [3.63, 3.8) is 0 Å². The zero-order chi connectivity index (χ0) is 17.2. The second-order valence-corrected chi connectivity index (χ2v) is 6.82. The van der Waals surface area contributed by atoms with Crippen LogP contribution in [0.2, 0.25) is 0 Å². The first kappa shape index (κ1) is 18.8.